The van der Waals surface area contributed by atoms with Crippen LogP contribution in [-0.4, -0.2) is 29.2 Å². The summed E-state index contributed by atoms with van der Waals surface area (Å²) in [5.41, 5.74) is 1.59. The van der Waals surface area contributed by atoms with Crippen molar-refractivity contribution in [2.75, 3.05) is 7.11 Å². The van der Waals surface area contributed by atoms with Crippen LogP contribution < -0.4 is 9.47 Å². The van der Waals surface area contributed by atoms with Crippen LogP contribution in [-0.2, 0) is 9.53 Å². The van der Waals surface area contributed by atoms with Crippen molar-refractivity contribution in [1.82, 2.24) is 9.97 Å². The zero-order chi connectivity index (χ0) is 17.8. The zero-order valence-corrected chi connectivity index (χ0v) is 15.8. The summed E-state index contributed by atoms with van der Waals surface area (Å²) in [6.45, 7) is 1.63. The molecule has 0 aliphatic carbocycles. The molecule has 6 nitrogen and oxygen atoms in total. The van der Waals surface area contributed by atoms with Gasteiger partial charge < -0.3 is 14.2 Å². The van der Waals surface area contributed by atoms with E-state index < -0.39 is 12.1 Å². The SMILES string of the molecule is COC(=O)C(C)Oc1ccc(Oc2cnc3ccc(I)cc3n2)cc1. The van der Waals surface area contributed by atoms with Gasteiger partial charge in [0.1, 0.15) is 11.5 Å². The van der Waals surface area contributed by atoms with Crippen LogP contribution in [0.4, 0.5) is 0 Å². The topological polar surface area (TPSA) is 70.5 Å². The first-order valence-corrected chi connectivity index (χ1v) is 8.58. The molecule has 128 valence electrons. The molecule has 0 amide bonds. The number of benzene rings is 2. The molecule has 1 heterocycles. The molecule has 0 radical (unpaired) electrons. The van der Waals surface area contributed by atoms with Crippen LogP contribution in [0.15, 0.2) is 48.7 Å². The number of nitrogens with zero attached hydrogens (tertiary/aromatic N) is 2. The molecule has 0 aliphatic rings. The van der Waals surface area contributed by atoms with Crippen LogP contribution in [0, 0.1) is 3.57 Å². The summed E-state index contributed by atoms with van der Waals surface area (Å²) in [6, 6.07) is 12.7. The van der Waals surface area contributed by atoms with Crippen molar-refractivity contribution in [3.63, 3.8) is 0 Å². The lowest BCUT2D eigenvalue weighted by Gasteiger charge is -2.12. The highest BCUT2D eigenvalue weighted by Crippen LogP contribution is 2.24. The molecule has 2 aromatic carbocycles. The Hall–Kier alpha value is -2.42. The molecule has 25 heavy (non-hydrogen) atoms. The maximum Gasteiger partial charge on any atom is 0.346 e. The number of rotatable bonds is 5. The van der Waals surface area contributed by atoms with Gasteiger partial charge >= 0.3 is 5.97 Å². The van der Waals surface area contributed by atoms with Crippen molar-refractivity contribution in [2.45, 2.75) is 13.0 Å². The number of ether oxygens (including phenoxy) is 3. The van der Waals surface area contributed by atoms with E-state index in [2.05, 4.69) is 37.3 Å². The smallest absolute Gasteiger partial charge is 0.346 e. The van der Waals surface area contributed by atoms with Gasteiger partial charge in [-0.1, -0.05) is 0 Å². The summed E-state index contributed by atoms with van der Waals surface area (Å²) in [5, 5.41) is 0. The Morgan fingerprint density at radius 3 is 2.52 bits per heavy atom. The summed E-state index contributed by atoms with van der Waals surface area (Å²) in [4.78, 5) is 20.2. The van der Waals surface area contributed by atoms with E-state index in [1.165, 1.54) is 7.11 Å². The predicted octanol–water partition coefficient (Wildman–Crippen LogP) is 3.97. The van der Waals surface area contributed by atoms with E-state index in [0.717, 1.165) is 14.6 Å². The molecule has 3 rings (SSSR count). The molecular formula is C18H15IN2O4. The summed E-state index contributed by atoms with van der Waals surface area (Å²) in [6.07, 6.45) is 0.907. The van der Waals surface area contributed by atoms with Gasteiger partial charge in [-0.3, -0.25) is 0 Å². The van der Waals surface area contributed by atoms with Gasteiger partial charge in [-0.15, -0.1) is 0 Å². The van der Waals surface area contributed by atoms with Crippen LogP contribution in [0.1, 0.15) is 6.92 Å². The minimum Gasteiger partial charge on any atom is -0.479 e. The van der Waals surface area contributed by atoms with Gasteiger partial charge in [0.15, 0.2) is 6.10 Å². The fourth-order valence-electron chi connectivity index (χ4n) is 2.14. The molecule has 0 bridgehead atoms. The molecule has 0 fully saturated rings. The van der Waals surface area contributed by atoms with Crippen LogP contribution in [0.5, 0.6) is 17.4 Å². The third kappa shape index (κ3) is 4.36. The second-order valence-corrected chi connectivity index (χ2v) is 6.44. The van der Waals surface area contributed by atoms with Gasteiger partial charge in [0.2, 0.25) is 5.88 Å². The molecule has 1 unspecified atom stereocenters. The van der Waals surface area contributed by atoms with Crippen LogP contribution >= 0.6 is 22.6 Å². The monoisotopic (exact) mass is 450 g/mol. The van der Waals surface area contributed by atoms with Gasteiger partial charge in [0.25, 0.3) is 0 Å². The van der Waals surface area contributed by atoms with E-state index in [-0.39, 0.29) is 0 Å². The molecule has 0 saturated carbocycles. The quantitative estimate of drug-likeness (QED) is 0.433. The maximum atomic E-state index is 11.4. The fourth-order valence-corrected chi connectivity index (χ4v) is 2.62. The van der Waals surface area contributed by atoms with Crippen LogP contribution in [0.3, 0.4) is 0 Å². The summed E-state index contributed by atoms with van der Waals surface area (Å²) < 4.78 is 16.9. The van der Waals surface area contributed by atoms with Crippen molar-refractivity contribution in [3.8, 4) is 17.4 Å². The fraction of sp³-hybridized carbons (Fsp3) is 0.167. The number of carbonyl (C=O) groups is 1. The van der Waals surface area contributed by atoms with E-state index in [0.29, 0.717) is 17.4 Å². The number of aromatic nitrogens is 2. The normalized spacial score (nSPS) is 11.8. The average Bonchev–Trinajstić information content (AvgIpc) is 2.62. The Morgan fingerprint density at radius 1 is 1.08 bits per heavy atom. The summed E-state index contributed by atoms with van der Waals surface area (Å²) >= 11 is 2.23. The van der Waals surface area contributed by atoms with Crippen LogP contribution in [0.2, 0.25) is 0 Å². The van der Waals surface area contributed by atoms with Gasteiger partial charge in [0, 0.05) is 3.57 Å². The van der Waals surface area contributed by atoms with E-state index in [9.17, 15) is 4.79 Å². The molecule has 3 aromatic rings. The van der Waals surface area contributed by atoms with Crippen molar-refractivity contribution in [1.29, 1.82) is 0 Å². The second-order valence-electron chi connectivity index (χ2n) is 5.20. The Bertz CT molecular complexity index is 899. The number of carbonyl (C=O) groups excluding carboxylic acids is 1. The summed E-state index contributed by atoms with van der Waals surface area (Å²) in [5.74, 6) is 1.12. The predicted molar refractivity (Wildman–Crippen MR) is 101 cm³/mol. The Kier molecular flexibility index (Phi) is 5.32. The number of methoxy groups -OCH3 is 1. The Balaban J connectivity index is 1.72. The number of esters is 1. The Labute approximate surface area is 158 Å². The van der Waals surface area contributed by atoms with Gasteiger partial charge in [-0.2, -0.15) is 0 Å². The highest BCUT2D eigenvalue weighted by atomic mass is 127. The molecule has 0 spiro atoms. The Morgan fingerprint density at radius 2 is 1.80 bits per heavy atom. The second kappa shape index (κ2) is 7.64. The standard InChI is InChI=1S/C18H15IN2O4/c1-11(18(22)23-2)24-13-4-6-14(7-5-13)25-17-10-20-15-8-3-12(19)9-16(15)21-17/h3-11H,1-2H3. The van der Waals surface area contributed by atoms with E-state index in [1.807, 2.05) is 18.2 Å². The lowest BCUT2D eigenvalue weighted by Crippen LogP contribution is -2.24. The van der Waals surface area contributed by atoms with Crippen molar-refractivity contribution < 1.29 is 19.0 Å². The third-order valence-corrected chi connectivity index (χ3v) is 4.05. The highest BCUT2D eigenvalue weighted by Gasteiger charge is 2.14. The van der Waals surface area contributed by atoms with Crippen molar-refractivity contribution in [3.05, 3.63) is 52.2 Å². The minimum atomic E-state index is -0.675. The molecule has 0 N–H and O–H groups in total. The first-order chi connectivity index (χ1) is 12.0. The molecular weight excluding hydrogens is 435 g/mol. The highest BCUT2D eigenvalue weighted by molar-refractivity contribution is 14.1. The van der Waals surface area contributed by atoms with E-state index >= 15 is 0 Å². The molecule has 1 aromatic heterocycles. The van der Waals surface area contributed by atoms with Crippen molar-refractivity contribution in [2.24, 2.45) is 0 Å². The largest absolute Gasteiger partial charge is 0.479 e. The molecule has 7 heteroatoms. The zero-order valence-electron chi connectivity index (χ0n) is 13.6. The lowest BCUT2D eigenvalue weighted by atomic mass is 10.3. The molecule has 1 atom stereocenters. The maximum absolute atomic E-state index is 11.4. The minimum absolute atomic E-state index is 0.408. The van der Waals surface area contributed by atoms with E-state index in [4.69, 9.17) is 9.47 Å². The average molecular weight is 450 g/mol. The van der Waals surface area contributed by atoms with Gasteiger partial charge in [-0.05, 0) is 72.0 Å². The third-order valence-electron chi connectivity index (χ3n) is 3.37. The summed E-state index contributed by atoms with van der Waals surface area (Å²) in [7, 11) is 1.32. The number of halogens is 1. The van der Waals surface area contributed by atoms with Crippen molar-refractivity contribution >= 4 is 39.6 Å². The molecule has 0 saturated heterocycles. The van der Waals surface area contributed by atoms with Gasteiger partial charge in [-0.25, -0.2) is 14.8 Å². The number of hydrogen-bond acceptors (Lipinski definition) is 6. The van der Waals surface area contributed by atoms with Gasteiger partial charge in [0.05, 0.1) is 24.3 Å². The lowest BCUT2D eigenvalue weighted by molar-refractivity contribution is -0.147. The first-order valence-electron chi connectivity index (χ1n) is 7.50. The first kappa shape index (κ1) is 17.4. The number of fused-ring (bicyclic) bond motifs is 1. The number of hydrogen-bond donors (Lipinski definition) is 0. The van der Waals surface area contributed by atoms with Crippen LogP contribution in [0.25, 0.3) is 11.0 Å². The molecule has 0 aliphatic heterocycles. The van der Waals surface area contributed by atoms with E-state index in [1.54, 1.807) is 37.4 Å².